The number of rotatable bonds is 5. The van der Waals surface area contributed by atoms with E-state index in [4.69, 9.17) is 14.2 Å². The SMILES string of the molecule is CCOC(=O)c1cccc(N2C(=O)[C@@H]3[C@@H](C2=O)[C@@]2(COC(C)=O)C=C[C@H]3O2)c1. The summed E-state index contributed by atoms with van der Waals surface area (Å²) in [6.45, 7) is 3.06. The Bertz CT molecular complexity index is 908. The topological polar surface area (TPSA) is 99.2 Å². The summed E-state index contributed by atoms with van der Waals surface area (Å²) < 4.78 is 15.9. The number of carbonyl (C=O) groups excluding carboxylic acids is 4. The highest BCUT2D eigenvalue weighted by molar-refractivity contribution is 6.23. The summed E-state index contributed by atoms with van der Waals surface area (Å²) in [6.07, 6.45) is 2.88. The van der Waals surface area contributed by atoms with Crippen LogP contribution >= 0.6 is 0 Å². The fourth-order valence-corrected chi connectivity index (χ4v) is 4.12. The first kappa shape index (κ1) is 18.4. The molecule has 8 nitrogen and oxygen atoms in total. The van der Waals surface area contributed by atoms with E-state index < -0.39 is 47.3 Å². The van der Waals surface area contributed by atoms with Crippen LogP contribution in [0.3, 0.4) is 0 Å². The standard InChI is InChI=1S/C20H19NO7/c1-3-26-19(25)12-5-4-6-13(9-12)21-17(23)15-14-7-8-20(28-14,10-27-11(2)22)16(15)18(21)24/h4-9,14-16H,3,10H2,1-2H3/t14-,15+,16+,20+/m1/s1. The zero-order chi connectivity index (χ0) is 20.1. The van der Waals surface area contributed by atoms with Crippen molar-refractivity contribution in [3.05, 3.63) is 42.0 Å². The van der Waals surface area contributed by atoms with Crippen LogP contribution in [0.25, 0.3) is 0 Å². The molecule has 8 heteroatoms. The van der Waals surface area contributed by atoms with E-state index in [0.717, 1.165) is 4.90 Å². The quantitative estimate of drug-likeness (QED) is 0.427. The summed E-state index contributed by atoms with van der Waals surface area (Å²) >= 11 is 0. The Morgan fingerprint density at radius 3 is 2.71 bits per heavy atom. The van der Waals surface area contributed by atoms with Crippen molar-refractivity contribution < 1.29 is 33.4 Å². The zero-order valence-electron chi connectivity index (χ0n) is 15.4. The highest BCUT2D eigenvalue weighted by Crippen LogP contribution is 2.52. The summed E-state index contributed by atoms with van der Waals surface area (Å²) in [5, 5.41) is 0. The molecule has 4 atom stereocenters. The van der Waals surface area contributed by atoms with Gasteiger partial charge in [-0.3, -0.25) is 14.4 Å². The van der Waals surface area contributed by atoms with Crippen LogP contribution in [0.5, 0.6) is 0 Å². The molecule has 28 heavy (non-hydrogen) atoms. The van der Waals surface area contributed by atoms with Crippen LogP contribution in [0.15, 0.2) is 36.4 Å². The average Bonchev–Trinajstić information content (AvgIpc) is 3.31. The minimum Gasteiger partial charge on any atom is -0.462 e. The second kappa shape index (κ2) is 6.56. The number of hydrogen-bond donors (Lipinski definition) is 0. The monoisotopic (exact) mass is 385 g/mol. The molecule has 4 rings (SSSR count). The lowest BCUT2D eigenvalue weighted by Crippen LogP contribution is -2.44. The summed E-state index contributed by atoms with van der Waals surface area (Å²) in [7, 11) is 0. The van der Waals surface area contributed by atoms with Crippen molar-refractivity contribution in [3.8, 4) is 0 Å². The van der Waals surface area contributed by atoms with E-state index in [9.17, 15) is 19.2 Å². The number of nitrogens with zero attached hydrogens (tertiary/aromatic N) is 1. The van der Waals surface area contributed by atoms with Crippen LogP contribution in [0.4, 0.5) is 5.69 Å². The van der Waals surface area contributed by atoms with Gasteiger partial charge in [0.05, 0.1) is 35.8 Å². The summed E-state index contributed by atoms with van der Waals surface area (Å²) in [5.74, 6) is -3.31. The molecule has 2 saturated heterocycles. The minimum atomic E-state index is -1.14. The van der Waals surface area contributed by atoms with Crippen LogP contribution < -0.4 is 4.90 Å². The van der Waals surface area contributed by atoms with Gasteiger partial charge < -0.3 is 14.2 Å². The number of esters is 2. The minimum absolute atomic E-state index is 0.133. The number of fused-ring (bicyclic) bond motifs is 5. The first-order valence-corrected chi connectivity index (χ1v) is 9.03. The molecule has 0 aliphatic carbocycles. The number of amides is 2. The van der Waals surface area contributed by atoms with Crippen molar-refractivity contribution >= 4 is 29.4 Å². The van der Waals surface area contributed by atoms with E-state index in [1.165, 1.54) is 13.0 Å². The number of anilines is 1. The molecule has 0 N–H and O–H groups in total. The fourth-order valence-electron chi connectivity index (χ4n) is 4.12. The van der Waals surface area contributed by atoms with Crippen molar-refractivity contribution in [2.24, 2.45) is 11.8 Å². The van der Waals surface area contributed by atoms with Crippen molar-refractivity contribution in [1.82, 2.24) is 0 Å². The molecule has 2 amide bonds. The predicted octanol–water partition coefficient (Wildman–Crippen LogP) is 1.24. The number of benzene rings is 1. The number of ether oxygens (including phenoxy) is 3. The highest BCUT2D eigenvalue weighted by Gasteiger charge is 2.68. The lowest BCUT2D eigenvalue weighted by molar-refractivity contribution is -0.150. The van der Waals surface area contributed by atoms with Gasteiger partial charge >= 0.3 is 11.9 Å². The molecule has 1 aromatic carbocycles. The molecule has 2 fully saturated rings. The largest absolute Gasteiger partial charge is 0.462 e. The highest BCUT2D eigenvalue weighted by atomic mass is 16.6. The molecule has 1 aromatic rings. The molecule has 2 bridgehead atoms. The molecular formula is C20H19NO7. The maximum absolute atomic E-state index is 13.2. The van der Waals surface area contributed by atoms with Gasteiger partial charge in [0, 0.05) is 6.92 Å². The van der Waals surface area contributed by atoms with Crippen molar-refractivity contribution in [1.29, 1.82) is 0 Å². The fraction of sp³-hybridized carbons (Fsp3) is 0.400. The van der Waals surface area contributed by atoms with Gasteiger partial charge in [-0.15, -0.1) is 0 Å². The molecule has 0 radical (unpaired) electrons. The molecular weight excluding hydrogens is 366 g/mol. The van der Waals surface area contributed by atoms with Gasteiger partial charge in [0.15, 0.2) is 0 Å². The van der Waals surface area contributed by atoms with E-state index in [2.05, 4.69) is 0 Å². The maximum atomic E-state index is 13.2. The Hall–Kier alpha value is -3.00. The molecule has 0 saturated carbocycles. The van der Waals surface area contributed by atoms with Gasteiger partial charge in [-0.1, -0.05) is 12.1 Å². The Morgan fingerprint density at radius 1 is 1.21 bits per heavy atom. The van der Waals surface area contributed by atoms with E-state index in [1.807, 2.05) is 0 Å². The van der Waals surface area contributed by atoms with Gasteiger partial charge in [-0.2, -0.15) is 0 Å². The van der Waals surface area contributed by atoms with Gasteiger partial charge in [0.1, 0.15) is 12.2 Å². The van der Waals surface area contributed by atoms with E-state index >= 15 is 0 Å². The Kier molecular flexibility index (Phi) is 4.30. The molecule has 0 spiro atoms. The molecule has 3 aliphatic heterocycles. The van der Waals surface area contributed by atoms with Crippen molar-refractivity contribution in [2.45, 2.75) is 25.6 Å². The second-order valence-corrected chi connectivity index (χ2v) is 6.96. The van der Waals surface area contributed by atoms with Crippen LogP contribution in [0.1, 0.15) is 24.2 Å². The van der Waals surface area contributed by atoms with Gasteiger partial charge in [-0.05, 0) is 31.2 Å². The molecule has 3 aliphatic rings. The van der Waals surface area contributed by atoms with Crippen LogP contribution in [-0.4, -0.2) is 48.7 Å². The van der Waals surface area contributed by atoms with Gasteiger partial charge in [-0.25, -0.2) is 9.69 Å². The van der Waals surface area contributed by atoms with E-state index in [1.54, 1.807) is 37.3 Å². The van der Waals surface area contributed by atoms with E-state index in [0.29, 0.717) is 5.69 Å². The van der Waals surface area contributed by atoms with Gasteiger partial charge in [0.25, 0.3) is 0 Å². The first-order valence-electron chi connectivity index (χ1n) is 9.03. The number of hydrogen-bond acceptors (Lipinski definition) is 7. The number of carbonyl (C=O) groups is 4. The Balaban J connectivity index is 1.65. The van der Waals surface area contributed by atoms with Crippen molar-refractivity contribution in [3.63, 3.8) is 0 Å². The lowest BCUT2D eigenvalue weighted by Gasteiger charge is -2.28. The van der Waals surface area contributed by atoms with Crippen LogP contribution in [0.2, 0.25) is 0 Å². The average molecular weight is 385 g/mol. The summed E-state index contributed by atoms with van der Waals surface area (Å²) in [6, 6.07) is 6.20. The molecule has 146 valence electrons. The molecule has 0 unspecified atom stereocenters. The summed E-state index contributed by atoms with van der Waals surface area (Å²) in [5.41, 5.74) is -0.581. The molecule has 0 aromatic heterocycles. The Morgan fingerprint density at radius 2 is 2.00 bits per heavy atom. The maximum Gasteiger partial charge on any atom is 0.338 e. The normalized spacial score (nSPS) is 29.9. The van der Waals surface area contributed by atoms with Gasteiger partial charge in [0.2, 0.25) is 11.8 Å². The van der Waals surface area contributed by atoms with Crippen molar-refractivity contribution in [2.75, 3.05) is 18.1 Å². The predicted molar refractivity (Wildman–Crippen MR) is 95.2 cm³/mol. The van der Waals surface area contributed by atoms with Crippen LogP contribution in [0, 0.1) is 11.8 Å². The second-order valence-electron chi connectivity index (χ2n) is 6.96. The Labute approximate surface area is 161 Å². The third-order valence-electron chi connectivity index (χ3n) is 5.27. The third kappa shape index (κ3) is 2.63. The van der Waals surface area contributed by atoms with Crippen LogP contribution in [-0.2, 0) is 28.6 Å². The number of imide groups is 1. The van der Waals surface area contributed by atoms with E-state index in [-0.39, 0.29) is 18.8 Å². The third-order valence-corrected chi connectivity index (χ3v) is 5.27. The lowest BCUT2D eigenvalue weighted by atomic mass is 9.77. The molecule has 3 heterocycles. The summed E-state index contributed by atoms with van der Waals surface area (Å²) in [4.78, 5) is 50.5. The first-order chi connectivity index (χ1) is 13.4. The zero-order valence-corrected chi connectivity index (χ0v) is 15.4. The smallest absolute Gasteiger partial charge is 0.338 e.